The maximum absolute atomic E-state index is 5.07. The molecule has 21 heavy (non-hydrogen) atoms. The van der Waals surface area contributed by atoms with E-state index in [-0.39, 0.29) is 0 Å². The molecule has 0 saturated heterocycles. The summed E-state index contributed by atoms with van der Waals surface area (Å²) in [6, 6.07) is 4.16. The van der Waals surface area contributed by atoms with Crippen LogP contribution < -0.4 is 10.2 Å². The summed E-state index contributed by atoms with van der Waals surface area (Å²) in [4.78, 5) is 9.20. The van der Waals surface area contributed by atoms with Crippen LogP contribution in [0, 0.1) is 0 Å². The van der Waals surface area contributed by atoms with Crippen LogP contribution in [0.4, 0.5) is 5.82 Å². The van der Waals surface area contributed by atoms with Crippen LogP contribution in [0.2, 0.25) is 0 Å². The van der Waals surface area contributed by atoms with Crippen molar-refractivity contribution >= 4 is 5.82 Å². The number of nitrogens with zero attached hydrogens (tertiary/aromatic N) is 3. The molecule has 0 aliphatic rings. The summed E-state index contributed by atoms with van der Waals surface area (Å²) >= 11 is 0. The molecule has 0 aliphatic carbocycles. The molecule has 1 N–H and O–H groups in total. The molecule has 0 bridgehead atoms. The van der Waals surface area contributed by atoms with Gasteiger partial charge in [-0.15, -0.1) is 0 Å². The lowest BCUT2D eigenvalue weighted by molar-refractivity contribution is 0.199. The van der Waals surface area contributed by atoms with Gasteiger partial charge in [0.1, 0.15) is 5.82 Å². The molecule has 0 aromatic carbocycles. The first kappa shape index (κ1) is 17.9. The van der Waals surface area contributed by atoms with Gasteiger partial charge >= 0.3 is 0 Å². The normalized spacial score (nSPS) is 11.1. The molecule has 0 spiro atoms. The predicted molar refractivity (Wildman–Crippen MR) is 88.9 cm³/mol. The fourth-order valence-electron chi connectivity index (χ4n) is 2.16. The van der Waals surface area contributed by atoms with Gasteiger partial charge in [-0.2, -0.15) is 0 Å². The zero-order valence-corrected chi connectivity index (χ0v) is 13.9. The van der Waals surface area contributed by atoms with E-state index < -0.39 is 0 Å². The summed E-state index contributed by atoms with van der Waals surface area (Å²) < 4.78 is 5.07. The second kappa shape index (κ2) is 10.5. The van der Waals surface area contributed by atoms with Crippen molar-refractivity contribution in [2.45, 2.75) is 19.9 Å². The molecule has 0 atom stereocenters. The standard InChI is InChI=1S/C16H30N4O/c1-5-10-20(12-11-19(2)3)16-15(7-6-8-18-16)14-17-9-13-21-4/h6-8,17H,5,9-14H2,1-4H3. The van der Waals surface area contributed by atoms with Crippen LogP contribution in [0.5, 0.6) is 0 Å². The van der Waals surface area contributed by atoms with Crippen LogP contribution in [0.1, 0.15) is 18.9 Å². The number of aromatic nitrogens is 1. The summed E-state index contributed by atoms with van der Waals surface area (Å²) in [5, 5.41) is 3.40. The molecule has 0 fully saturated rings. The van der Waals surface area contributed by atoms with Gasteiger partial charge in [-0.1, -0.05) is 13.0 Å². The Labute approximate surface area is 129 Å². The zero-order chi connectivity index (χ0) is 15.5. The summed E-state index contributed by atoms with van der Waals surface area (Å²) in [6.07, 6.45) is 3.01. The zero-order valence-electron chi connectivity index (χ0n) is 13.9. The molecule has 1 aromatic heterocycles. The molecule has 0 saturated carbocycles. The predicted octanol–water partition coefficient (Wildman–Crippen LogP) is 1.60. The fourth-order valence-corrected chi connectivity index (χ4v) is 2.16. The molecule has 0 amide bonds. The van der Waals surface area contributed by atoms with E-state index in [1.165, 1.54) is 5.56 Å². The van der Waals surface area contributed by atoms with Crippen molar-refractivity contribution < 1.29 is 4.74 Å². The third kappa shape index (κ3) is 6.89. The molecule has 0 aliphatic heterocycles. The van der Waals surface area contributed by atoms with Crippen LogP contribution in [0.3, 0.4) is 0 Å². The summed E-state index contributed by atoms with van der Waals surface area (Å²) in [7, 11) is 5.94. The van der Waals surface area contributed by atoms with E-state index in [2.05, 4.69) is 47.2 Å². The molecule has 1 aromatic rings. The van der Waals surface area contributed by atoms with Crippen LogP contribution in [0.25, 0.3) is 0 Å². The van der Waals surface area contributed by atoms with Gasteiger partial charge in [-0.25, -0.2) is 4.98 Å². The highest BCUT2D eigenvalue weighted by atomic mass is 16.5. The summed E-state index contributed by atoms with van der Waals surface area (Å²) in [5.41, 5.74) is 1.25. The number of anilines is 1. The Morgan fingerprint density at radius 1 is 1.24 bits per heavy atom. The highest BCUT2D eigenvalue weighted by Crippen LogP contribution is 2.17. The molecule has 1 rings (SSSR count). The van der Waals surface area contributed by atoms with Gasteiger partial charge < -0.3 is 19.9 Å². The summed E-state index contributed by atoms with van der Waals surface area (Å²) in [5.74, 6) is 1.10. The minimum atomic E-state index is 0.731. The molecular weight excluding hydrogens is 264 g/mol. The number of nitrogens with one attached hydrogen (secondary N) is 1. The van der Waals surface area contributed by atoms with Crippen molar-refractivity contribution in [2.75, 3.05) is 58.9 Å². The number of hydrogen-bond acceptors (Lipinski definition) is 5. The Bertz CT molecular complexity index is 384. The van der Waals surface area contributed by atoms with E-state index in [0.717, 1.165) is 51.6 Å². The largest absolute Gasteiger partial charge is 0.383 e. The Hall–Kier alpha value is -1.17. The van der Waals surface area contributed by atoms with Gasteiger partial charge in [0.25, 0.3) is 0 Å². The van der Waals surface area contributed by atoms with E-state index in [0.29, 0.717) is 0 Å². The lowest BCUT2D eigenvalue weighted by atomic mass is 10.2. The second-order valence-corrected chi connectivity index (χ2v) is 5.45. The molecular formula is C16H30N4O. The second-order valence-electron chi connectivity index (χ2n) is 5.45. The van der Waals surface area contributed by atoms with Gasteiger partial charge in [-0.3, -0.25) is 0 Å². The number of hydrogen-bond donors (Lipinski definition) is 1. The van der Waals surface area contributed by atoms with Crippen LogP contribution in [-0.4, -0.2) is 63.9 Å². The molecule has 120 valence electrons. The maximum atomic E-state index is 5.07. The molecule has 1 heterocycles. The van der Waals surface area contributed by atoms with Crippen molar-refractivity contribution in [3.8, 4) is 0 Å². The van der Waals surface area contributed by atoms with Crippen molar-refractivity contribution in [3.63, 3.8) is 0 Å². The van der Waals surface area contributed by atoms with Crippen LogP contribution in [-0.2, 0) is 11.3 Å². The molecule has 5 nitrogen and oxygen atoms in total. The van der Waals surface area contributed by atoms with Crippen LogP contribution in [0.15, 0.2) is 18.3 Å². The van der Waals surface area contributed by atoms with Crippen molar-refractivity contribution in [2.24, 2.45) is 0 Å². The first-order valence-corrected chi connectivity index (χ1v) is 7.72. The smallest absolute Gasteiger partial charge is 0.133 e. The van der Waals surface area contributed by atoms with Gasteiger partial charge in [0.05, 0.1) is 6.61 Å². The Morgan fingerprint density at radius 3 is 2.71 bits per heavy atom. The Balaban J connectivity index is 2.71. The van der Waals surface area contributed by atoms with E-state index in [9.17, 15) is 0 Å². The molecule has 5 heteroatoms. The number of methoxy groups -OCH3 is 1. The quantitative estimate of drug-likeness (QED) is 0.628. The third-order valence-corrected chi connectivity index (χ3v) is 3.28. The Kier molecular flexibility index (Phi) is 8.98. The minimum Gasteiger partial charge on any atom is -0.383 e. The van der Waals surface area contributed by atoms with E-state index in [1.807, 2.05) is 12.3 Å². The number of ether oxygens (including phenoxy) is 1. The SMILES string of the molecule is CCCN(CCN(C)C)c1ncccc1CNCCOC. The topological polar surface area (TPSA) is 40.6 Å². The van der Waals surface area contributed by atoms with Gasteiger partial charge in [0.15, 0.2) is 0 Å². The summed E-state index contributed by atoms with van der Waals surface area (Å²) in [6.45, 7) is 7.70. The monoisotopic (exact) mass is 294 g/mol. The maximum Gasteiger partial charge on any atom is 0.133 e. The van der Waals surface area contributed by atoms with Crippen molar-refractivity contribution in [1.29, 1.82) is 0 Å². The molecule has 0 radical (unpaired) electrons. The van der Waals surface area contributed by atoms with Crippen molar-refractivity contribution in [1.82, 2.24) is 15.2 Å². The average molecular weight is 294 g/mol. The third-order valence-electron chi connectivity index (χ3n) is 3.28. The van der Waals surface area contributed by atoms with Gasteiger partial charge in [0.2, 0.25) is 0 Å². The molecule has 0 unspecified atom stereocenters. The number of rotatable bonds is 11. The van der Waals surface area contributed by atoms with Crippen molar-refractivity contribution in [3.05, 3.63) is 23.9 Å². The average Bonchev–Trinajstić information content (AvgIpc) is 2.48. The van der Waals surface area contributed by atoms with Crippen LogP contribution >= 0.6 is 0 Å². The lowest BCUT2D eigenvalue weighted by Crippen LogP contribution is -2.34. The minimum absolute atomic E-state index is 0.731. The van der Waals surface area contributed by atoms with Gasteiger partial charge in [-0.05, 0) is 26.6 Å². The Morgan fingerprint density at radius 2 is 2.05 bits per heavy atom. The highest BCUT2D eigenvalue weighted by Gasteiger charge is 2.11. The first-order chi connectivity index (χ1) is 10.2. The fraction of sp³-hybridized carbons (Fsp3) is 0.688. The van der Waals surface area contributed by atoms with E-state index in [4.69, 9.17) is 4.74 Å². The lowest BCUT2D eigenvalue weighted by Gasteiger charge is -2.27. The first-order valence-electron chi connectivity index (χ1n) is 7.72. The van der Waals surface area contributed by atoms with Gasteiger partial charge in [0, 0.05) is 51.6 Å². The van der Waals surface area contributed by atoms with E-state index in [1.54, 1.807) is 7.11 Å². The highest BCUT2D eigenvalue weighted by molar-refractivity contribution is 5.46. The number of pyridine rings is 1. The number of likely N-dealkylation sites (N-methyl/N-ethyl adjacent to an activating group) is 1. The van der Waals surface area contributed by atoms with E-state index >= 15 is 0 Å².